The van der Waals surface area contributed by atoms with Crippen molar-refractivity contribution in [1.29, 1.82) is 0 Å². The van der Waals surface area contributed by atoms with Crippen LogP contribution >= 0.6 is 23.1 Å². The first-order valence-electron chi connectivity index (χ1n) is 10.3. The summed E-state index contributed by atoms with van der Waals surface area (Å²) in [6.07, 6.45) is 3.95. The summed E-state index contributed by atoms with van der Waals surface area (Å²) in [5.41, 5.74) is 4.19. The lowest BCUT2D eigenvalue weighted by molar-refractivity contribution is 0.0943. The minimum atomic E-state index is -0.367. The number of nitrogens with zero attached hydrogens (tertiary/aromatic N) is 5. The number of rotatable bonds is 6. The predicted octanol–water partition coefficient (Wildman–Crippen LogP) is 3.13. The smallest absolute Gasteiger partial charge is 0.278 e. The normalized spacial score (nSPS) is 13.3. The van der Waals surface area contributed by atoms with E-state index in [4.69, 9.17) is 0 Å². The standard InChI is InChI=1S/C20H25N7O2S2/c1-10(2)21-18(28)16-13-7-5-6-8-15(13)30-20(16)22-19(29)17-12(4)27(26-23-17)9-14-11(3)24-31-25-14/h10H,5-9H2,1-4H3,(H,21,28)(H,22,29). The number of anilines is 1. The Morgan fingerprint density at radius 3 is 2.61 bits per heavy atom. The predicted molar refractivity (Wildman–Crippen MR) is 120 cm³/mol. The van der Waals surface area contributed by atoms with Crippen molar-refractivity contribution >= 4 is 39.9 Å². The summed E-state index contributed by atoms with van der Waals surface area (Å²) < 4.78 is 10.1. The first-order valence-corrected chi connectivity index (χ1v) is 11.8. The van der Waals surface area contributed by atoms with Gasteiger partial charge in [-0.3, -0.25) is 9.59 Å². The second-order valence-electron chi connectivity index (χ2n) is 7.97. The van der Waals surface area contributed by atoms with E-state index in [0.29, 0.717) is 22.8 Å². The quantitative estimate of drug-likeness (QED) is 0.585. The second kappa shape index (κ2) is 8.83. The summed E-state index contributed by atoms with van der Waals surface area (Å²) in [6, 6.07) is 0.0148. The Labute approximate surface area is 188 Å². The van der Waals surface area contributed by atoms with Crippen molar-refractivity contribution < 1.29 is 9.59 Å². The molecule has 1 aliphatic rings. The van der Waals surface area contributed by atoms with Crippen molar-refractivity contribution in [3.8, 4) is 0 Å². The number of thiophene rings is 1. The van der Waals surface area contributed by atoms with Crippen LogP contribution in [0.15, 0.2) is 0 Å². The molecule has 0 fully saturated rings. The maximum atomic E-state index is 13.0. The number of aromatic nitrogens is 5. The zero-order chi connectivity index (χ0) is 22.1. The van der Waals surface area contributed by atoms with Crippen molar-refractivity contribution in [2.24, 2.45) is 0 Å². The van der Waals surface area contributed by atoms with Crippen molar-refractivity contribution in [2.45, 2.75) is 66.0 Å². The first-order chi connectivity index (χ1) is 14.8. The van der Waals surface area contributed by atoms with Crippen LogP contribution in [0.5, 0.6) is 0 Å². The van der Waals surface area contributed by atoms with Crippen molar-refractivity contribution in [3.63, 3.8) is 0 Å². The SMILES string of the molecule is Cc1nsnc1Cn1nnc(C(=O)Nc2sc3c(c2C(=O)NC(C)C)CCCC3)c1C. The highest BCUT2D eigenvalue weighted by Gasteiger charge is 2.28. The molecule has 31 heavy (non-hydrogen) atoms. The number of hydrogen-bond donors (Lipinski definition) is 2. The number of carbonyl (C=O) groups is 2. The van der Waals surface area contributed by atoms with Crippen LogP contribution in [-0.2, 0) is 19.4 Å². The molecule has 0 aliphatic heterocycles. The molecule has 0 atom stereocenters. The van der Waals surface area contributed by atoms with Gasteiger partial charge in [-0.1, -0.05) is 5.21 Å². The van der Waals surface area contributed by atoms with Gasteiger partial charge in [0, 0.05) is 10.9 Å². The zero-order valence-corrected chi connectivity index (χ0v) is 19.6. The number of amides is 2. The molecule has 164 valence electrons. The van der Waals surface area contributed by atoms with E-state index < -0.39 is 0 Å². The minimum absolute atomic E-state index is 0.0148. The van der Waals surface area contributed by atoms with Crippen LogP contribution in [-0.4, -0.2) is 41.6 Å². The van der Waals surface area contributed by atoms with Gasteiger partial charge in [0.05, 0.1) is 40.9 Å². The highest BCUT2D eigenvalue weighted by atomic mass is 32.1. The van der Waals surface area contributed by atoms with Gasteiger partial charge in [0.2, 0.25) is 0 Å². The molecule has 3 heterocycles. The monoisotopic (exact) mass is 459 g/mol. The van der Waals surface area contributed by atoms with Gasteiger partial charge in [-0.25, -0.2) is 4.68 Å². The van der Waals surface area contributed by atoms with Crippen molar-refractivity contribution in [2.75, 3.05) is 5.32 Å². The number of nitrogens with one attached hydrogen (secondary N) is 2. The lowest BCUT2D eigenvalue weighted by Crippen LogP contribution is -2.31. The highest BCUT2D eigenvalue weighted by molar-refractivity contribution is 7.17. The molecular formula is C20H25N7O2S2. The summed E-state index contributed by atoms with van der Waals surface area (Å²) in [4.78, 5) is 27.1. The van der Waals surface area contributed by atoms with E-state index >= 15 is 0 Å². The van der Waals surface area contributed by atoms with Crippen LogP contribution in [0, 0.1) is 13.8 Å². The molecular weight excluding hydrogens is 434 g/mol. The third kappa shape index (κ3) is 4.38. The fourth-order valence-electron chi connectivity index (χ4n) is 3.65. The molecule has 0 unspecified atom stereocenters. The molecule has 0 bridgehead atoms. The second-order valence-corrected chi connectivity index (χ2v) is 9.61. The topological polar surface area (TPSA) is 115 Å². The number of aryl methyl sites for hydroxylation is 2. The van der Waals surface area contributed by atoms with Crippen LogP contribution in [0.3, 0.4) is 0 Å². The first kappa shape index (κ1) is 21.6. The molecule has 0 spiro atoms. The maximum Gasteiger partial charge on any atom is 0.278 e. The molecule has 2 amide bonds. The summed E-state index contributed by atoms with van der Waals surface area (Å²) in [5, 5.41) is 14.7. The molecule has 0 saturated heterocycles. The van der Waals surface area contributed by atoms with Crippen LogP contribution < -0.4 is 10.6 Å². The summed E-state index contributed by atoms with van der Waals surface area (Å²) in [5.74, 6) is -0.509. The summed E-state index contributed by atoms with van der Waals surface area (Å²) in [6.45, 7) is 7.95. The van der Waals surface area contributed by atoms with Gasteiger partial charge in [0.15, 0.2) is 5.69 Å². The third-order valence-corrected chi connectivity index (χ3v) is 7.15. The zero-order valence-electron chi connectivity index (χ0n) is 18.0. The summed E-state index contributed by atoms with van der Waals surface area (Å²) >= 11 is 2.64. The Hall–Kier alpha value is -2.66. The van der Waals surface area contributed by atoms with Gasteiger partial charge < -0.3 is 10.6 Å². The average molecular weight is 460 g/mol. The number of fused-ring (bicyclic) bond motifs is 1. The van der Waals surface area contributed by atoms with E-state index in [1.807, 2.05) is 20.8 Å². The van der Waals surface area contributed by atoms with Crippen molar-refractivity contribution in [3.05, 3.63) is 38.8 Å². The summed E-state index contributed by atoms with van der Waals surface area (Å²) in [7, 11) is 0. The number of carbonyl (C=O) groups excluding carboxylic acids is 2. The van der Waals surface area contributed by atoms with Gasteiger partial charge in [-0.2, -0.15) is 8.75 Å². The average Bonchev–Trinajstić information content (AvgIpc) is 3.39. The Balaban J connectivity index is 1.60. The lowest BCUT2D eigenvalue weighted by atomic mass is 9.95. The van der Waals surface area contributed by atoms with E-state index in [-0.39, 0.29) is 23.6 Å². The Morgan fingerprint density at radius 2 is 1.90 bits per heavy atom. The van der Waals surface area contributed by atoms with Crippen LogP contribution in [0.4, 0.5) is 5.00 Å². The van der Waals surface area contributed by atoms with Gasteiger partial charge in [-0.15, -0.1) is 16.4 Å². The highest BCUT2D eigenvalue weighted by Crippen LogP contribution is 2.38. The van der Waals surface area contributed by atoms with Gasteiger partial charge >= 0.3 is 0 Å². The maximum absolute atomic E-state index is 13.0. The molecule has 0 aromatic carbocycles. The lowest BCUT2D eigenvalue weighted by Gasteiger charge is -2.14. The van der Waals surface area contributed by atoms with Crippen LogP contribution in [0.2, 0.25) is 0 Å². The van der Waals surface area contributed by atoms with Crippen LogP contribution in [0.25, 0.3) is 0 Å². The molecule has 2 N–H and O–H groups in total. The number of hydrogen-bond acceptors (Lipinski definition) is 8. The van der Waals surface area contributed by atoms with Crippen molar-refractivity contribution in [1.82, 2.24) is 29.1 Å². The molecule has 4 rings (SSSR count). The van der Waals surface area contributed by atoms with Gasteiger partial charge in [0.1, 0.15) is 5.00 Å². The Kier molecular flexibility index (Phi) is 6.15. The van der Waals surface area contributed by atoms with Gasteiger partial charge in [0.25, 0.3) is 11.8 Å². The van der Waals surface area contributed by atoms with Gasteiger partial charge in [-0.05, 0) is 58.9 Å². The van der Waals surface area contributed by atoms with E-state index in [1.54, 1.807) is 11.6 Å². The Morgan fingerprint density at radius 1 is 1.13 bits per heavy atom. The molecule has 0 saturated carbocycles. The molecule has 0 radical (unpaired) electrons. The third-order valence-electron chi connectivity index (χ3n) is 5.29. The molecule has 11 heteroatoms. The van der Waals surface area contributed by atoms with E-state index in [9.17, 15) is 9.59 Å². The Bertz CT molecular complexity index is 1130. The minimum Gasteiger partial charge on any atom is -0.350 e. The van der Waals surface area contributed by atoms with E-state index in [0.717, 1.165) is 54.4 Å². The van der Waals surface area contributed by atoms with E-state index in [1.165, 1.54) is 16.2 Å². The molecule has 1 aliphatic carbocycles. The fraction of sp³-hybridized carbons (Fsp3) is 0.500. The van der Waals surface area contributed by atoms with E-state index in [2.05, 4.69) is 29.7 Å². The molecule has 3 aromatic heterocycles. The largest absolute Gasteiger partial charge is 0.350 e. The van der Waals surface area contributed by atoms with Crippen LogP contribution in [0.1, 0.15) is 75.1 Å². The molecule has 3 aromatic rings. The molecule has 9 nitrogen and oxygen atoms in total. The fourth-order valence-corrected chi connectivity index (χ4v) is 5.48.